The van der Waals surface area contributed by atoms with E-state index in [1.165, 1.54) is 18.2 Å². The van der Waals surface area contributed by atoms with Crippen molar-refractivity contribution < 1.29 is 18.0 Å². The van der Waals surface area contributed by atoms with Gasteiger partial charge < -0.3 is 5.32 Å². The summed E-state index contributed by atoms with van der Waals surface area (Å²) < 4.78 is 40.9. The highest BCUT2D eigenvalue weighted by molar-refractivity contribution is 7.99. The average Bonchev–Trinajstić information content (AvgIpc) is 3.10. The molecular formula is C19H16F3N5OS. The average molecular weight is 419 g/mol. The monoisotopic (exact) mass is 419 g/mol. The highest BCUT2D eigenvalue weighted by Crippen LogP contribution is 2.34. The summed E-state index contributed by atoms with van der Waals surface area (Å²) in [6.07, 6.45) is -1.28. The Kier molecular flexibility index (Phi) is 6.32. The van der Waals surface area contributed by atoms with Crippen molar-refractivity contribution in [2.75, 3.05) is 11.1 Å². The van der Waals surface area contributed by atoms with Gasteiger partial charge in [0.15, 0.2) is 11.0 Å². The number of anilines is 1. The number of aromatic nitrogens is 4. The van der Waals surface area contributed by atoms with Crippen LogP contribution in [0.5, 0.6) is 0 Å². The van der Waals surface area contributed by atoms with E-state index in [2.05, 4.69) is 27.1 Å². The highest BCUT2D eigenvalue weighted by Gasteiger charge is 2.33. The van der Waals surface area contributed by atoms with E-state index in [1.54, 1.807) is 29.0 Å². The molecule has 0 fully saturated rings. The summed E-state index contributed by atoms with van der Waals surface area (Å²) >= 11 is 1.06. The number of alkyl halides is 3. The Morgan fingerprint density at radius 3 is 2.62 bits per heavy atom. The van der Waals surface area contributed by atoms with Gasteiger partial charge in [0.2, 0.25) is 5.91 Å². The van der Waals surface area contributed by atoms with Crippen LogP contribution in [0.1, 0.15) is 5.56 Å². The molecule has 1 N–H and O–H groups in total. The molecule has 0 saturated carbocycles. The topological polar surface area (TPSA) is 72.7 Å². The third kappa shape index (κ3) is 5.02. The lowest BCUT2D eigenvalue weighted by atomic mass is 10.1. The largest absolute Gasteiger partial charge is 0.418 e. The number of allylic oxidation sites excluding steroid dienone is 1. The quantitative estimate of drug-likeness (QED) is 0.457. The number of nitrogens with one attached hydrogen (secondary N) is 1. The fourth-order valence-corrected chi connectivity index (χ4v) is 3.28. The lowest BCUT2D eigenvalue weighted by Crippen LogP contribution is -2.18. The van der Waals surface area contributed by atoms with E-state index in [1.807, 2.05) is 6.07 Å². The molecule has 1 aromatic carbocycles. The SMILES string of the molecule is C=CCn1c(SCC(=O)Nc2ccccc2C(F)(F)F)nnc1-c1ccccn1. The Labute approximate surface area is 168 Å². The van der Waals surface area contributed by atoms with E-state index in [4.69, 9.17) is 0 Å². The summed E-state index contributed by atoms with van der Waals surface area (Å²) in [5, 5.41) is 10.9. The Morgan fingerprint density at radius 1 is 1.17 bits per heavy atom. The van der Waals surface area contributed by atoms with Crippen LogP contribution in [0.2, 0.25) is 0 Å². The summed E-state index contributed by atoms with van der Waals surface area (Å²) in [6.45, 7) is 4.09. The lowest BCUT2D eigenvalue weighted by molar-refractivity contribution is -0.137. The van der Waals surface area contributed by atoms with Gasteiger partial charge in [-0.1, -0.05) is 36.0 Å². The van der Waals surface area contributed by atoms with Crippen molar-refractivity contribution in [2.24, 2.45) is 0 Å². The molecule has 150 valence electrons. The zero-order chi connectivity index (χ0) is 20.9. The molecule has 0 saturated heterocycles. The van der Waals surface area contributed by atoms with Crippen LogP contribution in [-0.4, -0.2) is 31.4 Å². The molecule has 1 amide bonds. The molecule has 0 aliphatic rings. The number of benzene rings is 1. The number of halogens is 3. The van der Waals surface area contributed by atoms with Crippen molar-refractivity contribution in [3.63, 3.8) is 0 Å². The molecule has 3 rings (SSSR count). The first-order chi connectivity index (χ1) is 13.9. The van der Waals surface area contributed by atoms with Crippen LogP contribution in [0.4, 0.5) is 18.9 Å². The predicted octanol–water partition coefficient (Wildman–Crippen LogP) is 4.28. The van der Waals surface area contributed by atoms with Gasteiger partial charge in [-0.25, -0.2) is 0 Å². The smallest absolute Gasteiger partial charge is 0.325 e. The predicted molar refractivity (Wildman–Crippen MR) is 104 cm³/mol. The molecule has 2 heterocycles. The normalized spacial score (nSPS) is 11.3. The van der Waals surface area contributed by atoms with Gasteiger partial charge in [-0.05, 0) is 24.3 Å². The third-order valence-electron chi connectivity index (χ3n) is 3.76. The van der Waals surface area contributed by atoms with Crippen LogP contribution in [0.3, 0.4) is 0 Å². The van der Waals surface area contributed by atoms with Gasteiger partial charge >= 0.3 is 6.18 Å². The minimum Gasteiger partial charge on any atom is -0.325 e. The van der Waals surface area contributed by atoms with Crippen LogP contribution in [0.15, 0.2) is 66.5 Å². The molecule has 6 nitrogen and oxygen atoms in total. The summed E-state index contributed by atoms with van der Waals surface area (Å²) in [7, 11) is 0. The summed E-state index contributed by atoms with van der Waals surface area (Å²) in [5.74, 6) is -0.209. The Bertz CT molecular complexity index is 1000. The number of rotatable bonds is 7. The molecule has 3 aromatic rings. The molecule has 29 heavy (non-hydrogen) atoms. The first-order valence-electron chi connectivity index (χ1n) is 8.44. The second kappa shape index (κ2) is 8.91. The van der Waals surface area contributed by atoms with E-state index >= 15 is 0 Å². The summed E-state index contributed by atoms with van der Waals surface area (Å²) in [5.41, 5.74) is -0.574. The first-order valence-corrected chi connectivity index (χ1v) is 9.43. The summed E-state index contributed by atoms with van der Waals surface area (Å²) in [6, 6.07) is 10.2. The molecule has 0 aliphatic heterocycles. The molecule has 0 bridgehead atoms. The highest BCUT2D eigenvalue weighted by atomic mass is 32.2. The molecule has 0 atom stereocenters. The second-order valence-electron chi connectivity index (χ2n) is 5.80. The Hall–Kier alpha value is -3.14. The number of thioether (sulfide) groups is 1. The number of carbonyl (C=O) groups excluding carboxylic acids is 1. The molecule has 0 unspecified atom stereocenters. The molecule has 10 heteroatoms. The number of carbonyl (C=O) groups is 1. The first kappa shape index (κ1) is 20.6. The van der Waals surface area contributed by atoms with Crippen molar-refractivity contribution in [3.05, 3.63) is 66.9 Å². The van der Waals surface area contributed by atoms with Crippen LogP contribution >= 0.6 is 11.8 Å². The van der Waals surface area contributed by atoms with Gasteiger partial charge in [-0.2, -0.15) is 13.2 Å². The number of amides is 1. The van der Waals surface area contributed by atoms with Crippen molar-refractivity contribution >= 4 is 23.4 Å². The fourth-order valence-electron chi connectivity index (χ4n) is 2.53. The minimum absolute atomic E-state index is 0.135. The standard InChI is InChI=1S/C19H16F3N5OS/c1-2-11-27-17(15-9-5-6-10-23-15)25-26-18(27)29-12-16(28)24-14-8-4-3-7-13(14)19(20,21)22/h2-10H,1,11-12H2,(H,24,28). The maximum absolute atomic E-state index is 13.1. The fraction of sp³-hybridized carbons (Fsp3) is 0.158. The summed E-state index contributed by atoms with van der Waals surface area (Å²) in [4.78, 5) is 16.5. The molecule has 0 radical (unpaired) electrons. The van der Waals surface area contributed by atoms with E-state index in [0.29, 0.717) is 23.2 Å². The van der Waals surface area contributed by atoms with Gasteiger partial charge in [0.1, 0.15) is 5.69 Å². The van der Waals surface area contributed by atoms with Crippen molar-refractivity contribution in [3.8, 4) is 11.5 Å². The number of para-hydroxylation sites is 1. The van der Waals surface area contributed by atoms with Crippen molar-refractivity contribution in [2.45, 2.75) is 17.9 Å². The number of pyridine rings is 1. The zero-order valence-corrected chi connectivity index (χ0v) is 15.9. The maximum atomic E-state index is 13.1. The van der Waals surface area contributed by atoms with Crippen molar-refractivity contribution in [1.82, 2.24) is 19.7 Å². The van der Waals surface area contributed by atoms with Crippen LogP contribution < -0.4 is 5.32 Å². The molecular weight excluding hydrogens is 403 g/mol. The van der Waals surface area contributed by atoms with Gasteiger partial charge in [0.05, 0.1) is 17.0 Å². The van der Waals surface area contributed by atoms with Gasteiger partial charge in [0.25, 0.3) is 0 Å². The third-order valence-corrected chi connectivity index (χ3v) is 4.73. The lowest BCUT2D eigenvalue weighted by Gasteiger charge is -2.13. The van der Waals surface area contributed by atoms with Gasteiger partial charge in [-0.15, -0.1) is 16.8 Å². The van der Waals surface area contributed by atoms with E-state index in [9.17, 15) is 18.0 Å². The van der Waals surface area contributed by atoms with Crippen LogP contribution in [0.25, 0.3) is 11.5 Å². The van der Waals surface area contributed by atoms with E-state index in [0.717, 1.165) is 17.8 Å². The number of hydrogen-bond donors (Lipinski definition) is 1. The second-order valence-corrected chi connectivity index (χ2v) is 6.74. The van der Waals surface area contributed by atoms with Crippen molar-refractivity contribution in [1.29, 1.82) is 0 Å². The number of hydrogen-bond acceptors (Lipinski definition) is 5. The Morgan fingerprint density at radius 2 is 1.93 bits per heavy atom. The van der Waals surface area contributed by atoms with Crippen LogP contribution in [-0.2, 0) is 17.5 Å². The molecule has 0 spiro atoms. The van der Waals surface area contributed by atoms with Gasteiger partial charge in [-0.3, -0.25) is 14.3 Å². The number of nitrogens with zero attached hydrogens (tertiary/aromatic N) is 4. The zero-order valence-electron chi connectivity index (χ0n) is 15.1. The van der Waals surface area contributed by atoms with E-state index < -0.39 is 17.6 Å². The maximum Gasteiger partial charge on any atom is 0.418 e. The minimum atomic E-state index is -4.56. The molecule has 0 aliphatic carbocycles. The molecule has 2 aromatic heterocycles. The van der Waals surface area contributed by atoms with Crippen LogP contribution in [0, 0.1) is 0 Å². The van der Waals surface area contributed by atoms with Gasteiger partial charge in [0, 0.05) is 12.7 Å². The van der Waals surface area contributed by atoms with E-state index in [-0.39, 0.29) is 11.4 Å². The Balaban J connectivity index is 1.73.